The molecular weight excluding hydrogens is 223 g/mol. The van der Waals surface area contributed by atoms with E-state index in [1.165, 1.54) is 6.92 Å². The fourth-order valence-corrected chi connectivity index (χ4v) is 0.213. The Kier molecular flexibility index (Phi) is 19.8. The smallest absolute Gasteiger partial charge is 0.310 e. The van der Waals surface area contributed by atoms with Gasteiger partial charge in [0.1, 0.15) is 12.2 Å². The number of carbonyl (C=O) groups is 2. The first-order chi connectivity index (χ1) is 4.54. The number of hydrogen-bond acceptors (Lipinski definition) is 2. The third kappa shape index (κ3) is 39.9. The Morgan fingerprint density at radius 1 is 1.45 bits per heavy atom. The van der Waals surface area contributed by atoms with Gasteiger partial charge in [0.2, 0.25) is 0 Å². The van der Waals surface area contributed by atoms with Gasteiger partial charge in [-0.3, -0.25) is 9.59 Å². The van der Waals surface area contributed by atoms with Crippen LogP contribution in [0.1, 0.15) is 26.7 Å². The van der Waals surface area contributed by atoms with Gasteiger partial charge in [0.15, 0.2) is 0 Å². The van der Waals surface area contributed by atoms with Crippen LogP contribution in [0.25, 0.3) is 0 Å². The summed E-state index contributed by atoms with van der Waals surface area (Å²) < 4.78 is 0. The molecule has 4 heteroatoms. The summed E-state index contributed by atoms with van der Waals surface area (Å²) in [7, 11) is 0. The Morgan fingerprint density at radius 2 is 1.73 bits per heavy atom. The molecule has 0 radical (unpaired) electrons. The molecule has 0 amide bonds. The molecule has 0 aliphatic rings. The summed E-state index contributed by atoms with van der Waals surface area (Å²) in [5, 5.41) is 7.86. The molecular formula is C7H13O3Zr-. The van der Waals surface area contributed by atoms with Crippen LogP contribution in [0.3, 0.4) is 0 Å². The number of rotatable bonds is 2. The van der Waals surface area contributed by atoms with Gasteiger partial charge in [-0.2, -0.15) is 6.42 Å². The van der Waals surface area contributed by atoms with Gasteiger partial charge in [-0.25, -0.2) is 0 Å². The van der Waals surface area contributed by atoms with E-state index in [1.807, 2.05) is 6.92 Å². The molecule has 0 aliphatic heterocycles. The maximum absolute atomic E-state index is 9.87. The minimum Gasteiger partial charge on any atom is -0.481 e. The maximum atomic E-state index is 9.87. The predicted octanol–water partition coefficient (Wildman–Crippen LogP) is 1.28. The second-order valence-electron chi connectivity index (χ2n) is 1.77. The van der Waals surface area contributed by atoms with Crippen molar-refractivity contribution in [3.8, 4) is 0 Å². The van der Waals surface area contributed by atoms with Crippen LogP contribution in [0.2, 0.25) is 0 Å². The normalized spacial score (nSPS) is 6.82. The molecule has 0 fully saturated rings. The largest absolute Gasteiger partial charge is 0.481 e. The summed E-state index contributed by atoms with van der Waals surface area (Å²) >= 11 is 0. The molecule has 0 aromatic carbocycles. The molecule has 0 atom stereocenters. The van der Waals surface area contributed by atoms with E-state index in [-0.39, 0.29) is 38.4 Å². The molecule has 0 aliphatic carbocycles. The topological polar surface area (TPSA) is 54.4 Å². The molecule has 3 nitrogen and oxygen atoms in total. The van der Waals surface area contributed by atoms with Crippen molar-refractivity contribution in [1.82, 2.24) is 0 Å². The summed E-state index contributed by atoms with van der Waals surface area (Å²) in [4.78, 5) is 19.5. The van der Waals surface area contributed by atoms with Crippen molar-refractivity contribution >= 4 is 11.8 Å². The van der Waals surface area contributed by atoms with Crippen LogP contribution >= 0.6 is 0 Å². The van der Waals surface area contributed by atoms with Crippen molar-refractivity contribution in [3.05, 3.63) is 6.92 Å². The van der Waals surface area contributed by atoms with Gasteiger partial charge >= 0.3 is 5.97 Å². The van der Waals surface area contributed by atoms with Crippen LogP contribution in [0, 0.1) is 6.92 Å². The van der Waals surface area contributed by atoms with Gasteiger partial charge in [-0.15, -0.1) is 0 Å². The molecule has 1 N–H and O–H groups in total. The minimum absolute atomic E-state index is 0. The van der Waals surface area contributed by atoms with E-state index in [1.54, 1.807) is 0 Å². The Hall–Kier alpha value is 0.0231. The standard InChI is InChI=1S/C4H6O3.C3H7.Zr/c1-3(5)2-4(6)7;1-3-2;/h2H2,1H3,(H,6,7);1,3H2,2H3;/q;-1;. The van der Waals surface area contributed by atoms with E-state index in [2.05, 4.69) is 6.92 Å². The van der Waals surface area contributed by atoms with E-state index in [0.717, 1.165) is 6.42 Å². The quantitative estimate of drug-likeness (QED) is 0.580. The molecule has 0 saturated carbocycles. The molecule has 0 aromatic rings. The summed E-state index contributed by atoms with van der Waals surface area (Å²) in [5.41, 5.74) is 0. The number of carboxylic acid groups (broad SMARTS) is 1. The van der Waals surface area contributed by atoms with Crippen LogP contribution in [0.5, 0.6) is 0 Å². The Bertz CT molecular complexity index is 100. The van der Waals surface area contributed by atoms with Crippen molar-refractivity contribution in [2.24, 2.45) is 0 Å². The minimum atomic E-state index is -1.06. The third-order valence-corrected chi connectivity index (χ3v) is 0.400. The first kappa shape index (κ1) is 17.2. The van der Waals surface area contributed by atoms with Crippen molar-refractivity contribution in [2.75, 3.05) is 0 Å². The second-order valence-corrected chi connectivity index (χ2v) is 1.77. The van der Waals surface area contributed by atoms with Crippen LogP contribution in [0.15, 0.2) is 0 Å². The Morgan fingerprint density at radius 3 is 1.73 bits per heavy atom. The summed E-state index contributed by atoms with van der Waals surface area (Å²) in [6.45, 7) is 6.74. The summed E-state index contributed by atoms with van der Waals surface area (Å²) in [5.74, 6) is -1.37. The number of carbonyl (C=O) groups excluding carboxylic acids is 1. The fraction of sp³-hybridized carbons (Fsp3) is 0.571. The van der Waals surface area contributed by atoms with Crippen LogP contribution in [-0.2, 0) is 35.8 Å². The van der Waals surface area contributed by atoms with E-state index in [0.29, 0.717) is 0 Å². The SMILES string of the molecule is CC(=O)CC(=O)O.[CH2-]CC.[Zr]. The maximum Gasteiger partial charge on any atom is 0.310 e. The summed E-state index contributed by atoms with van der Waals surface area (Å²) in [6.07, 6.45) is 0.639. The van der Waals surface area contributed by atoms with Gasteiger partial charge in [-0.05, 0) is 6.92 Å². The van der Waals surface area contributed by atoms with Crippen molar-refractivity contribution < 1.29 is 40.9 Å². The van der Waals surface area contributed by atoms with Crippen LogP contribution < -0.4 is 0 Å². The summed E-state index contributed by atoms with van der Waals surface area (Å²) in [6, 6.07) is 0. The predicted molar refractivity (Wildman–Crippen MR) is 38.6 cm³/mol. The molecule has 0 heterocycles. The van der Waals surface area contributed by atoms with Gasteiger partial charge in [0.25, 0.3) is 0 Å². The average molecular weight is 236 g/mol. The molecule has 0 unspecified atom stereocenters. The van der Waals surface area contributed by atoms with Crippen LogP contribution in [-0.4, -0.2) is 16.9 Å². The van der Waals surface area contributed by atoms with E-state index in [4.69, 9.17) is 5.11 Å². The third-order valence-electron chi connectivity index (χ3n) is 0.400. The van der Waals surface area contributed by atoms with E-state index in [9.17, 15) is 9.59 Å². The number of carboxylic acids is 1. The van der Waals surface area contributed by atoms with E-state index >= 15 is 0 Å². The van der Waals surface area contributed by atoms with Crippen molar-refractivity contribution in [3.63, 3.8) is 0 Å². The monoisotopic (exact) mass is 235 g/mol. The van der Waals surface area contributed by atoms with Gasteiger partial charge in [-0.1, -0.05) is 6.92 Å². The zero-order valence-electron chi connectivity index (χ0n) is 6.89. The zero-order chi connectivity index (χ0) is 8.57. The number of Topliss-reactive ketones (excluding diaryl/α,β-unsaturated/α-hetero) is 1. The molecule has 64 valence electrons. The average Bonchev–Trinajstić information content (AvgIpc) is 1.62. The van der Waals surface area contributed by atoms with Crippen molar-refractivity contribution in [1.29, 1.82) is 0 Å². The molecule has 0 bridgehead atoms. The fourth-order valence-electron chi connectivity index (χ4n) is 0.213. The molecule has 0 aromatic heterocycles. The molecule has 0 rings (SSSR count). The second kappa shape index (κ2) is 12.7. The molecule has 0 spiro atoms. The Balaban J connectivity index is -0.000000140. The number of ketones is 1. The van der Waals surface area contributed by atoms with Gasteiger partial charge in [0.05, 0.1) is 0 Å². The Labute approximate surface area is 86.3 Å². The van der Waals surface area contributed by atoms with Gasteiger partial charge < -0.3 is 12.0 Å². The zero-order valence-corrected chi connectivity index (χ0v) is 9.34. The molecule has 0 saturated heterocycles. The van der Waals surface area contributed by atoms with Gasteiger partial charge in [0, 0.05) is 26.2 Å². The number of hydrogen-bond donors (Lipinski definition) is 1. The number of aliphatic carboxylic acids is 1. The van der Waals surface area contributed by atoms with Crippen molar-refractivity contribution in [2.45, 2.75) is 26.7 Å². The first-order valence-corrected chi connectivity index (χ1v) is 3.05. The van der Waals surface area contributed by atoms with E-state index < -0.39 is 5.97 Å². The first-order valence-electron chi connectivity index (χ1n) is 3.05. The van der Waals surface area contributed by atoms with Crippen LogP contribution in [0.4, 0.5) is 0 Å². The molecule has 11 heavy (non-hydrogen) atoms.